The summed E-state index contributed by atoms with van der Waals surface area (Å²) in [4.78, 5) is 13.3. The molecule has 2 heterocycles. The van der Waals surface area contributed by atoms with Crippen LogP contribution in [-0.2, 0) is 10.0 Å². The van der Waals surface area contributed by atoms with Crippen molar-refractivity contribution < 1.29 is 13.3 Å². The van der Waals surface area contributed by atoms with Crippen LogP contribution in [0.1, 0.15) is 12.8 Å². The maximum Gasteiger partial charge on any atom is 0.363 e. The van der Waals surface area contributed by atoms with Crippen molar-refractivity contribution in [2.45, 2.75) is 23.8 Å². The summed E-state index contributed by atoms with van der Waals surface area (Å²) in [5.74, 6) is -0.379. The number of sulfonamides is 1. The molecule has 0 aliphatic carbocycles. The number of aromatic nitrogens is 1. The van der Waals surface area contributed by atoms with Gasteiger partial charge in [-0.15, -0.1) is 0 Å². The molecule has 1 aliphatic heterocycles. The van der Waals surface area contributed by atoms with E-state index < -0.39 is 14.9 Å². The van der Waals surface area contributed by atoms with Gasteiger partial charge in [-0.25, -0.2) is 8.42 Å². The first kappa shape index (κ1) is 13.8. The van der Waals surface area contributed by atoms with Crippen LogP contribution in [0.3, 0.4) is 0 Å². The molecule has 0 saturated carbocycles. The van der Waals surface area contributed by atoms with Gasteiger partial charge in [-0.3, -0.25) is 0 Å². The summed E-state index contributed by atoms with van der Waals surface area (Å²) in [6.07, 6.45) is 2.51. The molecule has 0 spiro atoms. The molecule has 1 unspecified atom stereocenters. The minimum atomic E-state index is -3.67. The molecule has 1 saturated heterocycles. The lowest BCUT2D eigenvalue weighted by atomic mass is 10.2. The predicted octanol–water partition coefficient (Wildman–Crippen LogP) is 0.102. The van der Waals surface area contributed by atoms with Crippen LogP contribution in [0, 0.1) is 10.1 Å². The maximum atomic E-state index is 12.3. The van der Waals surface area contributed by atoms with E-state index >= 15 is 0 Å². The Balaban J connectivity index is 2.31. The van der Waals surface area contributed by atoms with Crippen LogP contribution in [0.25, 0.3) is 0 Å². The highest BCUT2D eigenvalue weighted by Gasteiger charge is 2.35. The van der Waals surface area contributed by atoms with Gasteiger partial charge in [0, 0.05) is 25.2 Å². The molecule has 0 radical (unpaired) electrons. The summed E-state index contributed by atoms with van der Waals surface area (Å²) in [6, 6.07) is 2.08. The second-order valence-electron chi connectivity index (χ2n) is 4.26. The van der Waals surface area contributed by atoms with E-state index in [0.29, 0.717) is 6.54 Å². The van der Waals surface area contributed by atoms with Gasteiger partial charge in [0.2, 0.25) is 10.0 Å². The fourth-order valence-corrected chi connectivity index (χ4v) is 3.78. The van der Waals surface area contributed by atoms with Gasteiger partial charge in [-0.2, -0.15) is 4.31 Å². The largest absolute Gasteiger partial charge is 0.363 e. The van der Waals surface area contributed by atoms with Crippen molar-refractivity contribution in [3.8, 4) is 0 Å². The fourth-order valence-electron chi connectivity index (χ4n) is 2.13. The Morgan fingerprint density at radius 2 is 2.26 bits per heavy atom. The Labute approximate surface area is 110 Å². The van der Waals surface area contributed by atoms with Crippen molar-refractivity contribution >= 4 is 15.8 Å². The number of hydrogen-bond donors (Lipinski definition) is 1. The van der Waals surface area contributed by atoms with Gasteiger partial charge in [-0.1, -0.05) is 0 Å². The molecule has 0 bridgehead atoms. The van der Waals surface area contributed by atoms with Crippen molar-refractivity contribution in [1.29, 1.82) is 0 Å². The quantitative estimate of drug-likeness (QED) is 0.619. The molecule has 2 rings (SSSR count). The molecule has 104 valence electrons. The molecule has 1 aliphatic rings. The molecular weight excluding hydrogens is 272 g/mol. The Morgan fingerprint density at radius 1 is 1.53 bits per heavy atom. The Hall–Kier alpha value is -1.58. The average molecular weight is 286 g/mol. The second-order valence-corrected chi connectivity index (χ2v) is 6.15. The number of hydrogen-bond acceptors (Lipinski definition) is 6. The summed E-state index contributed by atoms with van der Waals surface area (Å²) in [7, 11) is -3.67. The fraction of sp³-hybridized carbons (Fsp3) is 0.500. The normalized spacial score (nSPS) is 20.6. The molecule has 9 heteroatoms. The van der Waals surface area contributed by atoms with E-state index in [-0.39, 0.29) is 23.3 Å². The van der Waals surface area contributed by atoms with Crippen molar-refractivity contribution in [2.75, 3.05) is 13.1 Å². The standard InChI is InChI=1S/C10H14N4O4S/c11-6-8-2-1-5-13(8)19(17,18)9-3-4-10(12-7-9)14(15)16/h3-4,7-8H,1-2,5-6,11H2. The molecule has 0 amide bonds. The zero-order chi connectivity index (χ0) is 14.0. The van der Waals surface area contributed by atoms with E-state index in [4.69, 9.17) is 5.73 Å². The third-order valence-electron chi connectivity index (χ3n) is 3.11. The van der Waals surface area contributed by atoms with Crippen LogP contribution in [-0.4, -0.2) is 41.8 Å². The zero-order valence-electron chi connectivity index (χ0n) is 10.1. The van der Waals surface area contributed by atoms with Crippen LogP contribution in [0.5, 0.6) is 0 Å². The van der Waals surface area contributed by atoms with Crippen molar-refractivity contribution in [3.63, 3.8) is 0 Å². The summed E-state index contributed by atoms with van der Waals surface area (Å²) >= 11 is 0. The number of rotatable bonds is 4. The van der Waals surface area contributed by atoms with Crippen LogP contribution in [0.4, 0.5) is 5.82 Å². The van der Waals surface area contributed by atoms with Gasteiger partial charge in [0.25, 0.3) is 0 Å². The first-order chi connectivity index (χ1) is 8.96. The highest BCUT2D eigenvalue weighted by molar-refractivity contribution is 7.89. The smallest absolute Gasteiger partial charge is 0.358 e. The average Bonchev–Trinajstić information content (AvgIpc) is 2.87. The van der Waals surface area contributed by atoms with E-state index in [2.05, 4.69) is 4.98 Å². The van der Waals surface area contributed by atoms with Crippen molar-refractivity contribution in [2.24, 2.45) is 5.73 Å². The van der Waals surface area contributed by atoms with Gasteiger partial charge in [0.1, 0.15) is 4.90 Å². The molecular formula is C10H14N4O4S. The number of nitrogens with zero attached hydrogens (tertiary/aromatic N) is 3. The van der Waals surface area contributed by atoms with Gasteiger partial charge in [0.05, 0.1) is 0 Å². The van der Waals surface area contributed by atoms with Crippen molar-refractivity contribution in [3.05, 3.63) is 28.4 Å². The number of nitro groups is 1. The lowest BCUT2D eigenvalue weighted by Gasteiger charge is -2.22. The molecule has 2 N–H and O–H groups in total. The highest BCUT2D eigenvalue weighted by Crippen LogP contribution is 2.25. The SMILES string of the molecule is NCC1CCCN1S(=O)(=O)c1ccc([N+](=O)[O-])nc1. The van der Waals surface area contributed by atoms with Gasteiger partial charge < -0.3 is 15.8 Å². The number of nitrogens with two attached hydrogens (primary N) is 1. The highest BCUT2D eigenvalue weighted by atomic mass is 32.2. The molecule has 1 aromatic rings. The summed E-state index contributed by atoms with van der Waals surface area (Å²) in [6.45, 7) is 0.681. The summed E-state index contributed by atoms with van der Waals surface area (Å²) in [5.41, 5.74) is 5.55. The van der Waals surface area contributed by atoms with E-state index in [0.717, 1.165) is 25.1 Å². The van der Waals surface area contributed by atoms with Crippen LogP contribution in [0.15, 0.2) is 23.2 Å². The minimum absolute atomic E-state index is 0.0431. The molecule has 1 atom stereocenters. The molecule has 19 heavy (non-hydrogen) atoms. The topological polar surface area (TPSA) is 119 Å². The third kappa shape index (κ3) is 2.57. The van der Waals surface area contributed by atoms with E-state index in [9.17, 15) is 18.5 Å². The second kappa shape index (κ2) is 5.19. The monoisotopic (exact) mass is 286 g/mol. The first-order valence-corrected chi connectivity index (χ1v) is 7.23. The van der Waals surface area contributed by atoms with E-state index in [1.807, 2.05) is 0 Å². The number of pyridine rings is 1. The van der Waals surface area contributed by atoms with Crippen LogP contribution >= 0.6 is 0 Å². The summed E-state index contributed by atoms with van der Waals surface area (Å²) < 4.78 is 26.0. The Morgan fingerprint density at radius 3 is 2.79 bits per heavy atom. The predicted molar refractivity (Wildman–Crippen MR) is 66.9 cm³/mol. The van der Waals surface area contributed by atoms with Gasteiger partial charge in [0.15, 0.2) is 6.20 Å². The minimum Gasteiger partial charge on any atom is -0.358 e. The molecule has 1 aromatic heterocycles. The molecule has 8 nitrogen and oxygen atoms in total. The molecule has 0 aromatic carbocycles. The van der Waals surface area contributed by atoms with Crippen LogP contribution < -0.4 is 5.73 Å². The Kier molecular flexibility index (Phi) is 3.78. The summed E-state index contributed by atoms with van der Waals surface area (Å²) in [5, 5.41) is 10.5. The van der Waals surface area contributed by atoms with E-state index in [1.165, 1.54) is 10.4 Å². The maximum absolute atomic E-state index is 12.3. The zero-order valence-corrected chi connectivity index (χ0v) is 10.9. The Bertz CT molecular complexity index is 572. The van der Waals surface area contributed by atoms with Gasteiger partial charge >= 0.3 is 5.82 Å². The lowest BCUT2D eigenvalue weighted by molar-refractivity contribution is -0.389. The van der Waals surface area contributed by atoms with Gasteiger partial charge in [-0.05, 0) is 28.8 Å². The first-order valence-electron chi connectivity index (χ1n) is 5.79. The van der Waals surface area contributed by atoms with Crippen LogP contribution in [0.2, 0.25) is 0 Å². The van der Waals surface area contributed by atoms with E-state index in [1.54, 1.807) is 0 Å². The van der Waals surface area contributed by atoms with Crippen molar-refractivity contribution in [1.82, 2.24) is 9.29 Å². The third-order valence-corrected chi connectivity index (χ3v) is 5.04. The molecule has 1 fully saturated rings. The lowest BCUT2D eigenvalue weighted by Crippen LogP contribution is -2.39.